The van der Waals surface area contributed by atoms with E-state index in [2.05, 4.69) is 15.6 Å². The molecule has 0 atom stereocenters. The van der Waals surface area contributed by atoms with Crippen molar-refractivity contribution in [3.63, 3.8) is 0 Å². The van der Waals surface area contributed by atoms with Gasteiger partial charge < -0.3 is 10.6 Å². The van der Waals surface area contributed by atoms with E-state index in [1.807, 2.05) is 158 Å². The van der Waals surface area contributed by atoms with Gasteiger partial charge in [-0.2, -0.15) is 0 Å². The largest absolute Gasteiger partial charge is 0.320 e. The van der Waals surface area contributed by atoms with Crippen molar-refractivity contribution < 1.29 is 9.59 Å². The third kappa shape index (κ3) is 6.39. The number of rotatable bonds is 8. The number of carbonyl (C=O) groups excluding carboxylic acids is 2. The first-order valence-electron chi connectivity index (χ1n) is 15.7. The highest BCUT2D eigenvalue weighted by atomic mass is 16.2. The summed E-state index contributed by atoms with van der Waals surface area (Å²) in [5.74, 6) is -0.834. The number of aromatic nitrogens is 1. The summed E-state index contributed by atoms with van der Waals surface area (Å²) >= 11 is 0. The second kappa shape index (κ2) is 13.8. The molecule has 5 heteroatoms. The van der Waals surface area contributed by atoms with E-state index in [0.29, 0.717) is 11.4 Å². The summed E-state index contributed by atoms with van der Waals surface area (Å²) in [5.41, 5.74) is 8.99. The van der Waals surface area contributed by atoms with Gasteiger partial charge in [-0.1, -0.05) is 164 Å². The first kappa shape index (κ1) is 30.1. The Bertz CT molecular complexity index is 1930. The second-order valence-electron chi connectivity index (χ2n) is 11.2. The molecule has 6 aromatic carbocycles. The highest BCUT2D eigenvalue weighted by Crippen LogP contribution is 2.38. The van der Waals surface area contributed by atoms with Gasteiger partial charge in [0.25, 0.3) is 11.8 Å². The van der Waals surface area contributed by atoms with E-state index in [1.165, 1.54) is 0 Å². The number of amides is 2. The van der Waals surface area contributed by atoms with Crippen LogP contribution in [0.4, 0.5) is 11.4 Å². The fraction of sp³-hybridized carbons (Fsp3) is 0. The maximum Gasteiger partial charge on any atom is 0.274 e. The van der Waals surface area contributed by atoms with Crippen LogP contribution in [0.1, 0.15) is 21.0 Å². The van der Waals surface area contributed by atoms with Crippen molar-refractivity contribution in [1.82, 2.24) is 4.98 Å². The van der Waals surface area contributed by atoms with Crippen molar-refractivity contribution in [3.05, 3.63) is 187 Å². The third-order valence-corrected chi connectivity index (χ3v) is 8.16. The van der Waals surface area contributed by atoms with Gasteiger partial charge in [0.15, 0.2) is 0 Å². The second-order valence-corrected chi connectivity index (χ2v) is 11.2. The van der Waals surface area contributed by atoms with Gasteiger partial charge in [-0.3, -0.25) is 9.59 Å². The highest BCUT2D eigenvalue weighted by molar-refractivity contribution is 6.11. The van der Waals surface area contributed by atoms with Crippen LogP contribution in [0.5, 0.6) is 0 Å². The van der Waals surface area contributed by atoms with E-state index < -0.39 is 11.8 Å². The minimum Gasteiger partial charge on any atom is -0.320 e. The van der Waals surface area contributed by atoms with Crippen molar-refractivity contribution in [2.45, 2.75) is 0 Å². The Morgan fingerprint density at radius 3 is 0.896 bits per heavy atom. The summed E-state index contributed by atoms with van der Waals surface area (Å²) < 4.78 is 0. The predicted octanol–water partition coefficient (Wildman–Crippen LogP) is 10.3. The average molecular weight is 622 g/mol. The van der Waals surface area contributed by atoms with E-state index in [4.69, 9.17) is 0 Å². The molecule has 0 aliphatic carbocycles. The quantitative estimate of drug-likeness (QED) is 0.177. The molecule has 48 heavy (non-hydrogen) atoms. The van der Waals surface area contributed by atoms with Gasteiger partial charge in [0.1, 0.15) is 11.4 Å². The van der Waals surface area contributed by atoms with Crippen LogP contribution in [0, 0.1) is 0 Å². The van der Waals surface area contributed by atoms with Crippen LogP contribution in [0.3, 0.4) is 0 Å². The number of carbonyl (C=O) groups is 2. The van der Waals surface area contributed by atoms with Crippen LogP contribution in [0.25, 0.3) is 44.5 Å². The fourth-order valence-corrected chi connectivity index (χ4v) is 5.85. The maximum absolute atomic E-state index is 13.9. The number of hydrogen-bond donors (Lipinski definition) is 2. The number of nitrogens with zero attached hydrogens (tertiary/aromatic N) is 1. The molecule has 0 bridgehead atoms. The molecule has 0 saturated heterocycles. The van der Waals surface area contributed by atoms with Crippen LogP contribution >= 0.6 is 0 Å². The predicted molar refractivity (Wildman–Crippen MR) is 195 cm³/mol. The van der Waals surface area contributed by atoms with Crippen molar-refractivity contribution in [1.29, 1.82) is 0 Å². The summed E-state index contributed by atoms with van der Waals surface area (Å²) in [4.78, 5) is 32.3. The number of nitrogens with one attached hydrogen (secondary N) is 2. The SMILES string of the molecule is O=C(Nc1c(-c2ccccc2)cccc1-c1ccccc1)c1cccc(C(=O)Nc2c(-c3ccccc3)cccc2-c2ccccc2)n1. The Morgan fingerprint density at radius 1 is 0.333 bits per heavy atom. The zero-order valence-corrected chi connectivity index (χ0v) is 26.0. The third-order valence-electron chi connectivity index (χ3n) is 8.16. The molecular formula is C43H31N3O2. The molecular weight excluding hydrogens is 590 g/mol. The number of para-hydroxylation sites is 2. The lowest BCUT2D eigenvalue weighted by atomic mass is 9.95. The lowest BCUT2D eigenvalue weighted by Gasteiger charge is -2.17. The Hall–Kier alpha value is -6.59. The zero-order chi connectivity index (χ0) is 32.7. The van der Waals surface area contributed by atoms with Crippen molar-refractivity contribution in [2.75, 3.05) is 10.6 Å². The average Bonchev–Trinajstić information content (AvgIpc) is 3.16. The van der Waals surface area contributed by atoms with E-state index in [0.717, 1.165) is 44.5 Å². The molecule has 0 saturated carbocycles. The number of hydrogen-bond acceptors (Lipinski definition) is 3. The Kier molecular flexibility index (Phi) is 8.66. The lowest BCUT2D eigenvalue weighted by Crippen LogP contribution is -2.19. The van der Waals surface area contributed by atoms with Crippen molar-refractivity contribution in [3.8, 4) is 44.5 Å². The molecule has 0 aliphatic heterocycles. The summed E-state index contributed by atoms with van der Waals surface area (Å²) in [6.07, 6.45) is 0. The maximum atomic E-state index is 13.9. The van der Waals surface area contributed by atoms with Gasteiger partial charge in [-0.15, -0.1) is 0 Å². The zero-order valence-electron chi connectivity index (χ0n) is 26.0. The summed E-state index contributed by atoms with van der Waals surface area (Å²) in [6.45, 7) is 0. The van der Waals surface area contributed by atoms with Crippen LogP contribution in [-0.4, -0.2) is 16.8 Å². The molecule has 1 aromatic heterocycles. The van der Waals surface area contributed by atoms with Crippen molar-refractivity contribution >= 4 is 23.2 Å². The normalized spacial score (nSPS) is 10.7. The Morgan fingerprint density at radius 2 is 0.604 bits per heavy atom. The van der Waals surface area contributed by atoms with Gasteiger partial charge in [-0.05, 0) is 34.4 Å². The molecule has 0 spiro atoms. The van der Waals surface area contributed by atoms with Crippen LogP contribution in [0.2, 0.25) is 0 Å². The lowest BCUT2D eigenvalue weighted by molar-refractivity contribution is 0.101. The van der Waals surface area contributed by atoms with Crippen LogP contribution in [-0.2, 0) is 0 Å². The molecule has 7 aromatic rings. The summed E-state index contributed by atoms with van der Waals surface area (Å²) in [5, 5.41) is 6.27. The molecule has 5 nitrogen and oxygen atoms in total. The van der Waals surface area contributed by atoms with E-state index in [-0.39, 0.29) is 11.4 Å². The van der Waals surface area contributed by atoms with E-state index in [1.54, 1.807) is 18.2 Å². The first-order chi connectivity index (χ1) is 23.7. The molecule has 230 valence electrons. The van der Waals surface area contributed by atoms with Gasteiger partial charge in [0.05, 0.1) is 11.4 Å². The number of pyridine rings is 1. The summed E-state index contributed by atoms with van der Waals surface area (Å²) in [6, 6.07) is 56.6. The molecule has 0 unspecified atom stereocenters. The van der Waals surface area contributed by atoms with E-state index >= 15 is 0 Å². The van der Waals surface area contributed by atoms with Crippen LogP contribution in [0.15, 0.2) is 176 Å². The fourth-order valence-electron chi connectivity index (χ4n) is 5.85. The Labute approximate surface area is 279 Å². The Balaban J connectivity index is 1.23. The molecule has 0 radical (unpaired) electrons. The van der Waals surface area contributed by atoms with Gasteiger partial charge >= 0.3 is 0 Å². The molecule has 2 N–H and O–H groups in total. The molecule has 1 heterocycles. The highest BCUT2D eigenvalue weighted by Gasteiger charge is 2.20. The monoisotopic (exact) mass is 621 g/mol. The number of benzene rings is 6. The van der Waals surface area contributed by atoms with Crippen LogP contribution < -0.4 is 10.6 Å². The van der Waals surface area contributed by atoms with Gasteiger partial charge in [0, 0.05) is 22.3 Å². The van der Waals surface area contributed by atoms with E-state index in [9.17, 15) is 9.59 Å². The molecule has 7 rings (SSSR count). The first-order valence-corrected chi connectivity index (χ1v) is 15.7. The number of anilines is 2. The standard InChI is InChI=1S/C43H31N3O2/c47-42(45-40-34(30-16-5-1-6-17-30)24-13-25-35(40)31-18-7-2-8-19-31)38-28-15-29-39(44-38)43(48)46-41-36(32-20-9-3-10-21-32)26-14-27-37(41)33-22-11-4-12-23-33/h1-29H,(H,45,47)(H,46,48). The molecule has 0 fully saturated rings. The molecule has 2 amide bonds. The van der Waals surface area contributed by atoms with Crippen molar-refractivity contribution in [2.24, 2.45) is 0 Å². The smallest absolute Gasteiger partial charge is 0.274 e. The molecule has 0 aliphatic rings. The summed E-state index contributed by atoms with van der Waals surface area (Å²) in [7, 11) is 0. The van der Waals surface area contributed by atoms with Gasteiger partial charge in [0.2, 0.25) is 0 Å². The minimum atomic E-state index is -0.417. The minimum absolute atomic E-state index is 0.129. The van der Waals surface area contributed by atoms with Gasteiger partial charge in [-0.25, -0.2) is 4.98 Å². The topological polar surface area (TPSA) is 71.1 Å².